The number of alkyl halides is 2. The molecule has 0 spiro atoms. The lowest BCUT2D eigenvalue weighted by Crippen LogP contribution is -2.44. The monoisotopic (exact) mass is 341 g/mol. The van der Waals surface area contributed by atoms with Crippen LogP contribution in [0.2, 0.25) is 0 Å². The first kappa shape index (κ1) is 15.8. The normalized spacial score (nSPS) is 22.9. The molecule has 2 aromatic rings. The molecule has 2 atom stereocenters. The van der Waals surface area contributed by atoms with Crippen LogP contribution < -0.4 is 10.2 Å². The van der Waals surface area contributed by atoms with Gasteiger partial charge in [-0.2, -0.15) is 15.0 Å². The van der Waals surface area contributed by atoms with Crippen molar-refractivity contribution in [3.8, 4) is 5.69 Å². The van der Waals surface area contributed by atoms with Crippen LogP contribution in [0.3, 0.4) is 0 Å². The number of nitrogens with one attached hydrogen (secondary N) is 2. The van der Waals surface area contributed by atoms with Crippen molar-refractivity contribution in [1.29, 1.82) is 0 Å². The van der Waals surface area contributed by atoms with Crippen LogP contribution in [0.25, 0.3) is 5.69 Å². The van der Waals surface area contributed by atoms with Crippen molar-refractivity contribution < 1.29 is 13.6 Å². The van der Waals surface area contributed by atoms with Crippen molar-refractivity contribution in [2.24, 2.45) is 0 Å². The summed E-state index contributed by atoms with van der Waals surface area (Å²) in [6.07, 6.45) is 2.11. The van der Waals surface area contributed by atoms with E-state index in [1.807, 2.05) is 0 Å². The second-order valence-corrected chi connectivity index (χ2v) is 5.61. The average Bonchev–Trinajstić information content (AvgIpc) is 3.14. The molecule has 0 aliphatic heterocycles. The standard InChI is InChI=1S/C14H14ClF2N5O/c15-21-11-8-14(16,17)7-10(11)20-13(23)9-3-1-2-4-12(9)22-18-5-6-19-22/h1-6,10-11,21H,7-8H2,(H,20,23). The van der Waals surface area contributed by atoms with Gasteiger partial charge in [0.05, 0.1) is 29.7 Å². The summed E-state index contributed by atoms with van der Waals surface area (Å²) < 4.78 is 27.0. The van der Waals surface area contributed by atoms with Crippen LogP contribution in [-0.2, 0) is 0 Å². The van der Waals surface area contributed by atoms with Gasteiger partial charge in [-0.25, -0.2) is 13.6 Å². The van der Waals surface area contributed by atoms with Crippen LogP contribution in [0.15, 0.2) is 36.7 Å². The van der Waals surface area contributed by atoms with E-state index >= 15 is 0 Å². The molecule has 1 aromatic heterocycles. The summed E-state index contributed by atoms with van der Waals surface area (Å²) in [5.41, 5.74) is 0.766. The molecule has 2 unspecified atom stereocenters. The van der Waals surface area contributed by atoms with E-state index < -0.39 is 36.8 Å². The predicted octanol–water partition coefficient (Wildman–Crippen LogP) is 1.91. The zero-order valence-electron chi connectivity index (χ0n) is 11.9. The van der Waals surface area contributed by atoms with Crippen LogP contribution >= 0.6 is 11.8 Å². The minimum absolute atomic E-state index is 0.298. The molecular formula is C14H14ClF2N5O. The molecule has 1 saturated carbocycles. The Morgan fingerprint density at radius 3 is 2.57 bits per heavy atom. The summed E-state index contributed by atoms with van der Waals surface area (Å²) in [6, 6.07) is 5.24. The fraction of sp³-hybridized carbons (Fsp3) is 0.357. The van der Waals surface area contributed by atoms with Gasteiger partial charge in [0.2, 0.25) is 0 Å². The van der Waals surface area contributed by atoms with Crippen molar-refractivity contribution in [3.05, 3.63) is 42.2 Å². The Kier molecular flexibility index (Phi) is 4.27. The maximum atomic E-state index is 13.5. The number of hydrogen-bond donors (Lipinski definition) is 2. The number of carbonyl (C=O) groups excluding carboxylic acids is 1. The Balaban J connectivity index is 1.82. The van der Waals surface area contributed by atoms with Gasteiger partial charge in [0.1, 0.15) is 0 Å². The van der Waals surface area contributed by atoms with E-state index in [-0.39, 0.29) is 0 Å². The van der Waals surface area contributed by atoms with Gasteiger partial charge in [-0.05, 0) is 23.9 Å². The van der Waals surface area contributed by atoms with E-state index in [1.165, 1.54) is 17.2 Å². The minimum Gasteiger partial charge on any atom is -0.347 e. The molecule has 3 rings (SSSR count). The van der Waals surface area contributed by atoms with Crippen LogP contribution in [0.4, 0.5) is 8.78 Å². The molecule has 1 amide bonds. The second kappa shape index (κ2) is 6.21. The van der Waals surface area contributed by atoms with Gasteiger partial charge in [-0.3, -0.25) is 4.79 Å². The summed E-state index contributed by atoms with van der Waals surface area (Å²) in [6.45, 7) is 0. The van der Waals surface area contributed by atoms with Crippen molar-refractivity contribution in [3.63, 3.8) is 0 Å². The van der Waals surface area contributed by atoms with E-state index in [1.54, 1.807) is 24.3 Å². The van der Waals surface area contributed by atoms with Gasteiger partial charge in [0, 0.05) is 18.9 Å². The number of benzene rings is 1. The molecule has 23 heavy (non-hydrogen) atoms. The Bertz CT molecular complexity index is 694. The quantitative estimate of drug-likeness (QED) is 0.833. The first-order valence-corrected chi connectivity index (χ1v) is 7.38. The summed E-state index contributed by atoms with van der Waals surface area (Å²) in [4.78, 5) is 16.1. The topological polar surface area (TPSA) is 71.8 Å². The van der Waals surface area contributed by atoms with E-state index in [4.69, 9.17) is 11.8 Å². The predicted molar refractivity (Wildman–Crippen MR) is 79.6 cm³/mol. The van der Waals surface area contributed by atoms with E-state index in [0.29, 0.717) is 11.3 Å². The van der Waals surface area contributed by atoms with Crippen LogP contribution in [0.5, 0.6) is 0 Å². The van der Waals surface area contributed by atoms with Gasteiger partial charge in [-0.1, -0.05) is 12.1 Å². The molecule has 2 N–H and O–H groups in total. The first-order valence-electron chi connectivity index (χ1n) is 7.01. The molecule has 1 aromatic carbocycles. The van der Waals surface area contributed by atoms with Gasteiger partial charge in [0.25, 0.3) is 11.8 Å². The number of nitrogens with zero attached hydrogens (tertiary/aromatic N) is 3. The van der Waals surface area contributed by atoms with Gasteiger partial charge >= 0.3 is 0 Å². The Morgan fingerprint density at radius 1 is 1.22 bits per heavy atom. The number of carbonyl (C=O) groups is 1. The molecule has 1 fully saturated rings. The smallest absolute Gasteiger partial charge is 0.253 e. The fourth-order valence-corrected chi connectivity index (χ4v) is 2.93. The first-order chi connectivity index (χ1) is 11.0. The summed E-state index contributed by atoms with van der Waals surface area (Å²) in [5.74, 6) is -3.33. The van der Waals surface area contributed by atoms with Gasteiger partial charge < -0.3 is 5.32 Å². The summed E-state index contributed by atoms with van der Waals surface area (Å²) in [5, 5.41) is 10.6. The van der Waals surface area contributed by atoms with Crippen LogP contribution in [0.1, 0.15) is 23.2 Å². The van der Waals surface area contributed by atoms with Crippen molar-refractivity contribution in [2.45, 2.75) is 30.8 Å². The van der Waals surface area contributed by atoms with E-state index in [0.717, 1.165) is 0 Å². The summed E-state index contributed by atoms with van der Waals surface area (Å²) >= 11 is 5.51. The number of hydrogen-bond acceptors (Lipinski definition) is 4. The molecule has 6 nitrogen and oxygen atoms in total. The molecule has 1 aliphatic rings. The number of rotatable bonds is 4. The highest BCUT2D eigenvalue weighted by molar-refractivity contribution is 6.13. The largest absolute Gasteiger partial charge is 0.347 e. The zero-order chi connectivity index (χ0) is 16.4. The maximum Gasteiger partial charge on any atom is 0.253 e. The Morgan fingerprint density at radius 2 is 1.87 bits per heavy atom. The average molecular weight is 342 g/mol. The second-order valence-electron chi connectivity index (χ2n) is 5.40. The van der Waals surface area contributed by atoms with Crippen LogP contribution in [0, 0.1) is 0 Å². The number of amides is 1. The molecule has 122 valence electrons. The molecule has 1 aliphatic carbocycles. The number of aromatic nitrogens is 3. The highest BCUT2D eigenvalue weighted by Crippen LogP contribution is 2.35. The fourth-order valence-electron chi connectivity index (χ4n) is 2.70. The SMILES string of the molecule is O=C(NC1CC(F)(F)CC1NCl)c1ccccc1-n1nccn1. The Hall–Kier alpha value is -2.06. The third kappa shape index (κ3) is 3.32. The lowest BCUT2D eigenvalue weighted by atomic mass is 10.1. The van der Waals surface area contributed by atoms with E-state index in [9.17, 15) is 13.6 Å². The highest BCUT2D eigenvalue weighted by atomic mass is 35.5. The lowest BCUT2D eigenvalue weighted by molar-refractivity contribution is 0.00580. The molecule has 0 radical (unpaired) electrons. The molecular weight excluding hydrogens is 328 g/mol. The molecule has 0 bridgehead atoms. The van der Waals surface area contributed by atoms with Crippen LogP contribution in [-0.4, -0.2) is 38.9 Å². The summed E-state index contributed by atoms with van der Waals surface area (Å²) in [7, 11) is 0. The molecule has 9 heteroatoms. The van der Waals surface area contributed by atoms with Crippen molar-refractivity contribution in [2.75, 3.05) is 0 Å². The highest BCUT2D eigenvalue weighted by Gasteiger charge is 2.46. The molecule has 1 heterocycles. The minimum atomic E-state index is -2.85. The number of para-hydroxylation sites is 1. The van der Waals surface area contributed by atoms with Gasteiger partial charge in [0.15, 0.2) is 0 Å². The number of halogens is 3. The van der Waals surface area contributed by atoms with Crippen molar-refractivity contribution >= 4 is 17.7 Å². The third-order valence-corrected chi connectivity index (χ3v) is 4.04. The third-order valence-electron chi connectivity index (χ3n) is 3.76. The van der Waals surface area contributed by atoms with E-state index in [2.05, 4.69) is 20.3 Å². The van der Waals surface area contributed by atoms with Crippen molar-refractivity contribution in [1.82, 2.24) is 25.1 Å². The zero-order valence-corrected chi connectivity index (χ0v) is 12.7. The molecule has 0 saturated heterocycles. The lowest BCUT2D eigenvalue weighted by Gasteiger charge is -2.19. The Labute approximate surface area is 135 Å². The van der Waals surface area contributed by atoms with Gasteiger partial charge in [-0.15, -0.1) is 0 Å². The maximum absolute atomic E-state index is 13.5.